The molecule has 1 aromatic carbocycles. The molecule has 0 aliphatic carbocycles. The number of carbonyl (C=O) groups excluding carboxylic acids is 1. The topological polar surface area (TPSA) is 48.9 Å². The van der Waals surface area contributed by atoms with Crippen molar-refractivity contribution >= 4 is 5.91 Å². The molecule has 6 heteroatoms. The van der Waals surface area contributed by atoms with Crippen LogP contribution in [0.4, 0.5) is 0 Å². The molecule has 0 N–H and O–H groups in total. The van der Waals surface area contributed by atoms with Gasteiger partial charge in [0.15, 0.2) is 0 Å². The molecule has 3 rings (SSSR count). The summed E-state index contributed by atoms with van der Waals surface area (Å²) in [5.41, 5.74) is 2.20. The van der Waals surface area contributed by atoms with E-state index in [0.29, 0.717) is 13.1 Å². The van der Waals surface area contributed by atoms with Crippen LogP contribution in [0.5, 0.6) is 5.75 Å². The Balaban J connectivity index is 1.41. The molecule has 1 fully saturated rings. The van der Waals surface area contributed by atoms with Crippen molar-refractivity contribution < 1.29 is 9.53 Å². The second kappa shape index (κ2) is 9.48. The number of carbonyl (C=O) groups is 1. The lowest BCUT2D eigenvalue weighted by atomic mass is 10.2. The summed E-state index contributed by atoms with van der Waals surface area (Å²) in [5, 5.41) is 0. The molecular weight excluding hydrogens is 340 g/mol. The van der Waals surface area contributed by atoms with E-state index in [4.69, 9.17) is 4.74 Å². The number of pyridine rings is 1. The molecular formula is C21H28N4O2. The summed E-state index contributed by atoms with van der Waals surface area (Å²) in [7, 11) is 3.52. The van der Waals surface area contributed by atoms with Crippen molar-refractivity contribution in [3.8, 4) is 5.75 Å². The zero-order valence-electron chi connectivity index (χ0n) is 16.2. The molecule has 0 saturated carbocycles. The number of benzene rings is 1. The van der Waals surface area contributed by atoms with Crippen molar-refractivity contribution in [3.05, 3.63) is 59.9 Å². The molecule has 144 valence electrons. The molecule has 0 radical (unpaired) electrons. The van der Waals surface area contributed by atoms with Gasteiger partial charge in [-0.25, -0.2) is 0 Å². The fourth-order valence-corrected chi connectivity index (χ4v) is 3.23. The van der Waals surface area contributed by atoms with E-state index in [2.05, 4.69) is 20.9 Å². The normalized spacial score (nSPS) is 15.5. The number of methoxy groups -OCH3 is 1. The first-order chi connectivity index (χ1) is 13.1. The Hall–Kier alpha value is -2.44. The lowest BCUT2D eigenvalue weighted by Gasteiger charge is -2.34. The predicted molar refractivity (Wildman–Crippen MR) is 105 cm³/mol. The van der Waals surface area contributed by atoms with E-state index in [1.54, 1.807) is 12.0 Å². The maximum absolute atomic E-state index is 12.5. The summed E-state index contributed by atoms with van der Waals surface area (Å²) >= 11 is 0. The van der Waals surface area contributed by atoms with Crippen LogP contribution in [0.2, 0.25) is 0 Å². The van der Waals surface area contributed by atoms with Crippen LogP contribution in [0.25, 0.3) is 0 Å². The van der Waals surface area contributed by atoms with Crippen LogP contribution in [-0.4, -0.2) is 72.5 Å². The molecule has 2 aromatic rings. The average Bonchev–Trinajstić information content (AvgIpc) is 2.71. The van der Waals surface area contributed by atoms with E-state index < -0.39 is 0 Å². The van der Waals surface area contributed by atoms with Crippen molar-refractivity contribution in [2.45, 2.75) is 13.1 Å². The number of likely N-dealkylation sites (N-methyl/N-ethyl adjacent to an activating group) is 1. The van der Waals surface area contributed by atoms with Crippen molar-refractivity contribution in [3.63, 3.8) is 0 Å². The SMILES string of the molecule is COc1ccc(CN(C)C(=O)CN2CCN(Cc3ccccn3)CC2)cc1. The summed E-state index contributed by atoms with van der Waals surface area (Å²) in [6.07, 6.45) is 1.84. The van der Waals surface area contributed by atoms with Gasteiger partial charge in [-0.3, -0.25) is 19.6 Å². The Kier molecular flexibility index (Phi) is 6.79. The van der Waals surface area contributed by atoms with Gasteiger partial charge in [-0.15, -0.1) is 0 Å². The second-order valence-corrected chi connectivity index (χ2v) is 6.97. The molecule has 2 heterocycles. The molecule has 1 aliphatic rings. The van der Waals surface area contributed by atoms with Crippen LogP contribution in [-0.2, 0) is 17.9 Å². The largest absolute Gasteiger partial charge is 0.497 e. The summed E-state index contributed by atoms with van der Waals surface area (Å²) in [6.45, 7) is 5.72. The van der Waals surface area contributed by atoms with Gasteiger partial charge in [0.2, 0.25) is 5.91 Å². The summed E-state index contributed by atoms with van der Waals surface area (Å²) < 4.78 is 5.17. The zero-order valence-corrected chi connectivity index (χ0v) is 16.2. The first-order valence-corrected chi connectivity index (χ1v) is 9.35. The van der Waals surface area contributed by atoms with E-state index in [1.807, 2.05) is 49.6 Å². The second-order valence-electron chi connectivity index (χ2n) is 6.97. The first-order valence-electron chi connectivity index (χ1n) is 9.35. The quantitative estimate of drug-likeness (QED) is 0.747. The minimum atomic E-state index is 0.156. The van der Waals surface area contributed by atoms with E-state index in [9.17, 15) is 4.79 Å². The lowest BCUT2D eigenvalue weighted by Crippen LogP contribution is -2.49. The minimum absolute atomic E-state index is 0.156. The highest BCUT2D eigenvalue weighted by molar-refractivity contribution is 5.78. The third-order valence-electron chi connectivity index (χ3n) is 4.94. The number of aromatic nitrogens is 1. The number of nitrogens with zero attached hydrogens (tertiary/aromatic N) is 4. The monoisotopic (exact) mass is 368 g/mol. The zero-order chi connectivity index (χ0) is 19.1. The predicted octanol–water partition coefficient (Wildman–Crippen LogP) is 1.87. The Labute approximate surface area is 161 Å². The van der Waals surface area contributed by atoms with E-state index in [1.165, 1.54) is 0 Å². The third kappa shape index (κ3) is 5.77. The highest BCUT2D eigenvalue weighted by atomic mass is 16.5. The highest BCUT2D eigenvalue weighted by Gasteiger charge is 2.20. The molecule has 1 aromatic heterocycles. The summed E-state index contributed by atoms with van der Waals surface area (Å²) in [6, 6.07) is 13.9. The van der Waals surface area contributed by atoms with Gasteiger partial charge in [-0.05, 0) is 29.8 Å². The van der Waals surface area contributed by atoms with Gasteiger partial charge in [-0.1, -0.05) is 18.2 Å². The van der Waals surface area contributed by atoms with Crippen molar-refractivity contribution in [1.82, 2.24) is 19.7 Å². The Morgan fingerprint density at radius 2 is 1.78 bits per heavy atom. The summed E-state index contributed by atoms with van der Waals surface area (Å²) in [4.78, 5) is 23.4. The van der Waals surface area contributed by atoms with Crippen molar-refractivity contribution in [2.24, 2.45) is 0 Å². The fraction of sp³-hybridized carbons (Fsp3) is 0.429. The molecule has 0 unspecified atom stereocenters. The Morgan fingerprint density at radius 1 is 1.07 bits per heavy atom. The minimum Gasteiger partial charge on any atom is -0.497 e. The smallest absolute Gasteiger partial charge is 0.236 e. The average molecular weight is 368 g/mol. The molecule has 0 atom stereocenters. The first kappa shape index (κ1) is 19.3. The number of rotatable bonds is 7. The van der Waals surface area contributed by atoms with Crippen LogP contribution < -0.4 is 4.74 Å². The van der Waals surface area contributed by atoms with Gasteiger partial charge in [0, 0.05) is 52.5 Å². The van der Waals surface area contributed by atoms with Crippen LogP contribution >= 0.6 is 0 Å². The van der Waals surface area contributed by atoms with Crippen molar-refractivity contribution in [1.29, 1.82) is 0 Å². The lowest BCUT2D eigenvalue weighted by molar-refractivity contribution is -0.132. The highest BCUT2D eigenvalue weighted by Crippen LogP contribution is 2.13. The number of amides is 1. The number of piperazine rings is 1. The maximum Gasteiger partial charge on any atom is 0.236 e. The Morgan fingerprint density at radius 3 is 2.41 bits per heavy atom. The molecule has 0 spiro atoms. The third-order valence-corrected chi connectivity index (χ3v) is 4.94. The molecule has 1 saturated heterocycles. The molecule has 1 aliphatic heterocycles. The standard InChI is InChI=1S/C21H28N4O2/c1-23(15-18-6-8-20(27-2)9-7-18)21(26)17-25-13-11-24(12-14-25)16-19-5-3-4-10-22-19/h3-10H,11-17H2,1-2H3. The maximum atomic E-state index is 12.5. The van der Waals surface area contributed by atoms with Crippen LogP contribution in [0, 0.1) is 0 Å². The van der Waals surface area contributed by atoms with Crippen LogP contribution in [0.3, 0.4) is 0 Å². The van der Waals surface area contributed by atoms with Crippen LogP contribution in [0.15, 0.2) is 48.7 Å². The molecule has 0 bridgehead atoms. The molecule has 1 amide bonds. The fourth-order valence-electron chi connectivity index (χ4n) is 3.23. The van der Waals surface area contributed by atoms with Gasteiger partial charge in [0.05, 0.1) is 19.3 Å². The van der Waals surface area contributed by atoms with Gasteiger partial charge in [0.1, 0.15) is 5.75 Å². The van der Waals surface area contributed by atoms with E-state index >= 15 is 0 Å². The number of hydrogen-bond donors (Lipinski definition) is 0. The van der Waals surface area contributed by atoms with Gasteiger partial charge < -0.3 is 9.64 Å². The Bertz CT molecular complexity index is 713. The van der Waals surface area contributed by atoms with Crippen LogP contribution in [0.1, 0.15) is 11.3 Å². The van der Waals surface area contributed by atoms with E-state index in [0.717, 1.165) is 49.7 Å². The summed E-state index contributed by atoms with van der Waals surface area (Å²) in [5.74, 6) is 0.986. The molecule has 6 nitrogen and oxygen atoms in total. The number of hydrogen-bond acceptors (Lipinski definition) is 5. The molecule has 27 heavy (non-hydrogen) atoms. The van der Waals surface area contributed by atoms with Crippen molar-refractivity contribution in [2.75, 3.05) is 46.9 Å². The van der Waals surface area contributed by atoms with E-state index in [-0.39, 0.29) is 5.91 Å². The van der Waals surface area contributed by atoms with Gasteiger partial charge in [-0.2, -0.15) is 0 Å². The van der Waals surface area contributed by atoms with Gasteiger partial charge >= 0.3 is 0 Å². The van der Waals surface area contributed by atoms with Gasteiger partial charge in [0.25, 0.3) is 0 Å². The number of ether oxygens (including phenoxy) is 1.